The lowest BCUT2D eigenvalue weighted by atomic mass is 9.97. The number of amidine groups is 2. The molecule has 8 aromatic carbocycles. The average Bonchev–Trinajstić information content (AvgIpc) is 3.60. The van der Waals surface area contributed by atoms with Crippen LogP contribution in [0.2, 0.25) is 0 Å². The van der Waals surface area contributed by atoms with E-state index in [1.165, 1.54) is 27.4 Å². The molecule has 274 valence electrons. The zero-order valence-electron chi connectivity index (χ0n) is 31.7. The SMILES string of the molecule is CNC(=NC(=NCc1ccccc1)c1ccccc1)c1cccc(Nc2cc3c(cc2-c2ccc(-c4ccccc4)cc2)c2ccccc2n3-c2ccccc2)c1. The maximum atomic E-state index is 5.13. The fourth-order valence-corrected chi connectivity index (χ4v) is 7.48. The van der Waals surface area contributed by atoms with Crippen molar-refractivity contribution in [2.45, 2.75) is 6.54 Å². The van der Waals surface area contributed by atoms with Crippen molar-refractivity contribution >= 4 is 44.9 Å². The highest BCUT2D eigenvalue weighted by molar-refractivity contribution is 6.13. The lowest BCUT2D eigenvalue weighted by Gasteiger charge is -2.16. The van der Waals surface area contributed by atoms with E-state index in [4.69, 9.17) is 9.98 Å². The van der Waals surface area contributed by atoms with Crippen LogP contribution in [0.25, 0.3) is 49.7 Å². The van der Waals surface area contributed by atoms with Gasteiger partial charge in [-0.25, -0.2) is 4.99 Å². The Morgan fingerprint density at radius 3 is 1.86 bits per heavy atom. The van der Waals surface area contributed by atoms with Gasteiger partial charge in [-0.1, -0.05) is 164 Å². The topological polar surface area (TPSA) is 53.7 Å². The minimum atomic E-state index is 0.532. The van der Waals surface area contributed by atoms with Crippen molar-refractivity contribution in [2.75, 3.05) is 12.4 Å². The maximum Gasteiger partial charge on any atom is 0.157 e. The van der Waals surface area contributed by atoms with Crippen LogP contribution in [0.1, 0.15) is 16.7 Å². The average molecular weight is 736 g/mol. The Labute approximate surface area is 333 Å². The van der Waals surface area contributed by atoms with Gasteiger partial charge in [-0.05, 0) is 64.7 Å². The Hall–Kier alpha value is -7.50. The van der Waals surface area contributed by atoms with Crippen LogP contribution in [0.5, 0.6) is 0 Å². The van der Waals surface area contributed by atoms with E-state index in [1.54, 1.807) is 0 Å². The number of rotatable bonds is 9. The lowest BCUT2D eigenvalue weighted by Crippen LogP contribution is -2.21. The highest BCUT2D eigenvalue weighted by Crippen LogP contribution is 2.40. The number of aromatic nitrogens is 1. The predicted octanol–water partition coefficient (Wildman–Crippen LogP) is 12.5. The number of nitrogens with one attached hydrogen (secondary N) is 2. The molecule has 9 rings (SSSR count). The smallest absolute Gasteiger partial charge is 0.157 e. The number of aliphatic imine (C=N–C) groups is 2. The Morgan fingerprint density at radius 1 is 0.509 bits per heavy atom. The summed E-state index contributed by atoms with van der Waals surface area (Å²) in [6, 6.07) is 72.2. The molecule has 9 aromatic rings. The molecule has 0 spiro atoms. The fourth-order valence-electron chi connectivity index (χ4n) is 7.48. The quantitative estimate of drug-likeness (QED) is 0.115. The summed E-state index contributed by atoms with van der Waals surface area (Å²) in [5.41, 5.74) is 13.0. The molecule has 0 amide bonds. The Balaban J connectivity index is 1.15. The highest BCUT2D eigenvalue weighted by Gasteiger charge is 2.17. The van der Waals surface area contributed by atoms with Crippen molar-refractivity contribution in [2.24, 2.45) is 9.98 Å². The summed E-state index contributed by atoms with van der Waals surface area (Å²) >= 11 is 0. The zero-order chi connectivity index (χ0) is 38.4. The molecular weight excluding hydrogens is 695 g/mol. The standard InChI is InChI=1S/C52H41N5/c1-53-51(56-52(41-21-10-4-11-22-41)54-36-37-17-6-2-7-18-37)42-23-16-24-43(33-42)55-48-35-50-47(45-27-14-15-28-49(45)57(50)44-25-12-5-13-26-44)34-46(48)40-31-29-39(30-32-40)38-19-8-3-9-20-38/h2-35,55H,36H2,1H3,(H,53,54,56). The van der Waals surface area contributed by atoms with Crippen LogP contribution >= 0.6 is 0 Å². The third kappa shape index (κ3) is 7.47. The number of benzene rings is 8. The van der Waals surface area contributed by atoms with Crippen molar-refractivity contribution in [1.29, 1.82) is 0 Å². The predicted molar refractivity (Wildman–Crippen MR) is 240 cm³/mol. The van der Waals surface area contributed by atoms with Gasteiger partial charge in [-0.15, -0.1) is 0 Å². The van der Waals surface area contributed by atoms with Crippen molar-refractivity contribution < 1.29 is 0 Å². The second-order valence-electron chi connectivity index (χ2n) is 14.0. The summed E-state index contributed by atoms with van der Waals surface area (Å²) < 4.78 is 2.36. The first-order valence-corrected chi connectivity index (χ1v) is 19.3. The van der Waals surface area contributed by atoms with E-state index in [9.17, 15) is 0 Å². The van der Waals surface area contributed by atoms with Gasteiger partial charge in [-0.3, -0.25) is 4.99 Å². The van der Waals surface area contributed by atoms with Gasteiger partial charge in [0.25, 0.3) is 0 Å². The second-order valence-corrected chi connectivity index (χ2v) is 14.0. The van der Waals surface area contributed by atoms with Crippen LogP contribution in [-0.2, 0) is 6.54 Å². The number of anilines is 2. The lowest BCUT2D eigenvalue weighted by molar-refractivity contribution is 1.06. The first-order chi connectivity index (χ1) is 28.2. The monoisotopic (exact) mass is 735 g/mol. The molecule has 0 bridgehead atoms. The second kappa shape index (κ2) is 16.1. The summed E-state index contributed by atoms with van der Waals surface area (Å²) in [5.74, 6) is 1.40. The van der Waals surface area contributed by atoms with Crippen LogP contribution < -0.4 is 10.6 Å². The first kappa shape index (κ1) is 35.2. The van der Waals surface area contributed by atoms with Gasteiger partial charge in [0.1, 0.15) is 5.84 Å². The van der Waals surface area contributed by atoms with E-state index >= 15 is 0 Å². The minimum absolute atomic E-state index is 0.532. The van der Waals surface area contributed by atoms with Crippen molar-refractivity contribution in [1.82, 2.24) is 9.88 Å². The number of fused-ring (bicyclic) bond motifs is 3. The van der Waals surface area contributed by atoms with Gasteiger partial charge in [0.2, 0.25) is 0 Å². The zero-order valence-corrected chi connectivity index (χ0v) is 31.7. The largest absolute Gasteiger partial charge is 0.373 e. The van der Waals surface area contributed by atoms with Crippen molar-refractivity contribution in [3.05, 3.63) is 223 Å². The molecule has 5 heteroatoms. The van der Waals surface area contributed by atoms with Crippen LogP contribution in [-0.4, -0.2) is 23.3 Å². The van der Waals surface area contributed by atoms with Crippen molar-refractivity contribution in [3.8, 4) is 27.9 Å². The number of para-hydroxylation sites is 2. The normalized spacial score (nSPS) is 11.9. The molecule has 1 aromatic heterocycles. The third-order valence-corrected chi connectivity index (χ3v) is 10.3. The van der Waals surface area contributed by atoms with Gasteiger partial charge in [0.15, 0.2) is 5.84 Å². The molecule has 0 atom stereocenters. The number of hydrogen-bond donors (Lipinski definition) is 2. The van der Waals surface area contributed by atoms with Crippen molar-refractivity contribution in [3.63, 3.8) is 0 Å². The summed E-state index contributed by atoms with van der Waals surface area (Å²) in [6.07, 6.45) is 0. The summed E-state index contributed by atoms with van der Waals surface area (Å²) in [4.78, 5) is 10.1. The molecule has 57 heavy (non-hydrogen) atoms. The molecule has 0 aliphatic carbocycles. The molecule has 1 heterocycles. The molecule has 0 saturated heterocycles. The molecule has 0 radical (unpaired) electrons. The third-order valence-electron chi connectivity index (χ3n) is 10.3. The molecule has 0 saturated carbocycles. The molecule has 0 unspecified atom stereocenters. The van der Waals surface area contributed by atoms with Crippen LogP contribution in [0.4, 0.5) is 11.4 Å². The molecular formula is C52H41N5. The number of nitrogens with zero attached hydrogens (tertiary/aromatic N) is 3. The Kier molecular flexibility index (Phi) is 9.93. The van der Waals surface area contributed by atoms with E-state index < -0.39 is 0 Å². The Bertz CT molecular complexity index is 2840. The van der Waals surface area contributed by atoms with E-state index in [0.29, 0.717) is 12.4 Å². The molecule has 0 aliphatic heterocycles. The number of hydrogen-bond acceptors (Lipinski definition) is 2. The van der Waals surface area contributed by atoms with Gasteiger partial charge >= 0.3 is 0 Å². The molecule has 0 fully saturated rings. The molecule has 0 aliphatic rings. The van der Waals surface area contributed by atoms with E-state index in [0.717, 1.165) is 56.2 Å². The minimum Gasteiger partial charge on any atom is -0.373 e. The highest BCUT2D eigenvalue weighted by atomic mass is 15.0. The van der Waals surface area contributed by atoms with Crippen LogP contribution in [0, 0.1) is 0 Å². The van der Waals surface area contributed by atoms with E-state index in [2.05, 4.69) is 185 Å². The van der Waals surface area contributed by atoms with Crippen LogP contribution in [0.15, 0.2) is 216 Å². The fraction of sp³-hybridized carbons (Fsp3) is 0.0385. The van der Waals surface area contributed by atoms with Gasteiger partial charge in [0, 0.05) is 51.6 Å². The summed E-state index contributed by atoms with van der Waals surface area (Å²) in [6.45, 7) is 0.532. The van der Waals surface area contributed by atoms with Gasteiger partial charge < -0.3 is 15.2 Å². The molecule has 5 nitrogen and oxygen atoms in total. The van der Waals surface area contributed by atoms with Gasteiger partial charge in [0.05, 0.1) is 17.6 Å². The first-order valence-electron chi connectivity index (χ1n) is 19.3. The van der Waals surface area contributed by atoms with E-state index in [1.807, 2.05) is 43.4 Å². The molecule has 2 N–H and O–H groups in total. The van der Waals surface area contributed by atoms with Crippen LogP contribution in [0.3, 0.4) is 0 Å². The Morgan fingerprint density at radius 2 is 1.12 bits per heavy atom. The maximum absolute atomic E-state index is 5.13. The van der Waals surface area contributed by atoms with Gasteiger partial charge in [-0.2, -0.15) is 0 Å². The van der Waals surface area contributed by atoms with E-state index in [-0.39, 0.29) is 0 Å². The summed E-state index contributed by atoms with van der Waals surface area (Å²) in [5, 5.41) is 9.63. The summed E-state index contributed by atoms with van der Waals surface area (Å²) in [7, 11) is 1.91.